The number of primary amides is 1. The molecule has 7 heteroatoms. The molecule has 0 atom stereocenters. The van der Waals surface area contributed by atoms with Crippen molar-refractivity contribution >= 4 is 21.6 Å². The number of anilines is 1. The number of sulfonamides is 1. The number of amides is 1. The van der Waals surface area contributed by atoms with E-state index in [0.29, 0.717) is 17.5 Å². The fourth-order valence-corrected chi connectivity index (χ4v) is 3.20. The molecule has 5 N–H and O–H groups in total. The van der Waals surface area contributed by atoms with Gasteiger partial charge in [0.1, 0.15) is 4.90 Å². The third-order valence-electron chi connectivity index (χ3n) is 2.77. The molecule has 0 saturated carbocycles. The highest BCUT2D eigenvalue weighted by Gasteiger charge is 2.20. The van der Waals surface area contributed by atoms with Gasteiger partial charge >= 0.3 is 0 Å². The van der Waals surface area contributed by atoms with Gasteiger partial charge in [-0.2, -0.15) is 0 Å². The van der Waals surface area contributed by atoms with E-state index < -0.39 is 15.9 Å². The summed E-state index contributed by atoms with van der Waals surface area (Å²) < 4.78 is 26.8. The van der Waals surface area contributed by atoms with Crippen LogP contribution in [-0.4, -0.2) is 20.9 Å². The lowest BCUT2D eigenvalue weighted by Crippen LogP contribution is -2.27. The highest BCUT2D eigenvalue weighted by atomic mass is 32.2. The van der Waals surface area contributed by atoms with E-state index in [4.69, 9.17) is 11.5 Å². The molecule has 6 nitrogen and oxygen atoms in total. The van der Waals surface area contributed by atoms with E-state index in [9.17, 15) is 13.2 Å². The van der Waals surface area contributed by atoms with E-state index >= 15 is 0 Å². The Bertz CT molecular complexity index is 582. The van der Waals surface area contributed by atoms with Crippen LogP contribution in [0.1, 0.15) is 24.0 Å². The Hall–Kier alpha value is -1.60. The first kappa shape index (κ1) is 15.5. The van der Waals surface area contributed by atoms with Crippen LogP contribution in [0.3, 0.4) is 0 Å². The number of carbonyl (C=O) groups is 1. The van der Waals surface area contributed by atoms with Crippen molar-refractivity contribution in [3.63, 3.8) is 0 Å². The summed E-state index contributed by atoms with van der Waals surface area (Å²) in [5.41, 5.74) is 12.4. The summed E-state index contributed by atoms with van der Waals surface area (Å²) in [5.74, 6) is -0.453. The van der Waals surface area contributed by atoms with Crippen molar-refractivity contribution in [3.05, 3.63) is 23.3 Å². The third kappa shape index (κ3) is 3.93. The fourth-order valence-electron chi connectivity index (χ4n) is 1.70. The number of carbonyl (C=O) groups excluding carboxylic acids is 1. The zero-order chi connectivity index (χ0) is 14.6. The van der Waals surface area contributed by atoms with Crippen LogP contribution >= 0.6 is 0 Å². The minimum atomic E-state index is -3.67. The summed E-state index contributed by atoms with van der Waals surface area (Å²) >= 11 is 0. The quantitative estimate of drug-likeness (QED) is 0.519. The van der Waals surface area contributed by atoms with Gasteiger partial charge in [-0.25, -0.2) is 13.1 Å². The number of benzene rings is 1. The second-order valence-corrected chi connectivity index (χ2v) is 6.11. The molecular formula is C12H19N3O3S. The minimum Gasteiger partial charge on any atom is -0.397 e. The summed E-state index contributed by atoms with van der Waals surface area (Å²) in [5, 5.41) is 0. The normalized spacial score (nSPS) is 11.5. The van der Waals surface area contributed by atoms with Gasteiger partial charge in [0.05, 0.1) is 5.69 Å². The fraction of sp³-hybridized carbons (Fsp3) is 0.417. The van der Waals surface area contributed by atoms with Crippen LogP contribution in [0.25, 0.3) is 0 Å². The van der Waals surface area contributed by atoms with Crippen molar-refractivity contribution in [1.29, 1.82) is 0 Å². The topological polar surface area (TPSA) is 115 Å². The smallest absolute Gasteiger partial charge is 0.242 e. The lowest BCUT2D eigenvalue weighted by molar-refractivity contribution is -0.118. The van der Waals surface area contributed by atoms with Crippen molar-refractivity contribution in [2.24, 2.45) is 5.73 Å². The molecule has 0 saturated heterocycles. The standard InChI is InChI=1S/C12H19N3O3S/c1-8-5-6-9(2)12(11(8)14)19(17,18)15-7-3-4-10(13)16/h5-6,15H,3-4,7,14H2,1-2H3,(H2,13,16). The number of rotatable bonds is 6. The lowest BCUT2D eigenvalue weighted by Gasteiger charge is -2.13. The first-order valence-electron chi connectivity index (χ1n) is 5.89. The lowest BCUT2D eigenvalue weighted by atomic mass is 10.1. The molecule has 0 heterocycles. The number of nitrogens with one attached hydrogen (secondary N) is 1. The van der Waals surface area contributed by atoms with Crippen LogP contribution in [0.4, 0.5) is 5.69 Å². The predicted molar refractivity (Wildman–Crippen MR) is 73.9 cm³/mol. The highest BCUT2D eigenvalue weighted by molar-refractivity contribution is 7.89. The molecular weight excluding hydrogens is 266 g/mol. The Morgan fingerprint density at radius 3 is 2.42 bits per heavy atom. The Balaban J connectivity index is 2.89. The summed E-state index contributed by atoms with van der Waals surface area (Å²) in [4.78, 5) is 10.7. The van der Waals surface area contributed by atoms with Crippen molar-refractivity contribution in [2.75, 3.05) is 12.3 Å². The van der Waals surface area contributed by atoms with Gasteiger partial charge in [-0.05, 0) is 31.4 Å². The van der Waals surface area contributed by atoms with Gasteiger partial charge < -0.3 is 11.5 Å². The number of aryl methyl sites for hydroxylation is 2. The van der Waals surface area contributed by atoms with Crippen LogP contribution < -0.4 is 16.2 Å². The first-order valence-corrected chi connectivity index (χ1v) is 7.37. The molecule has 0 aliphatic heterocycles. The molecule has 0 spiro atoms. The van der Waals surface area contributed by atoms with E-state index in [1.807, 2.05) is 0 Å². The Morgan fingerprint density at radius 2 is 1.84 bits per heavy atom. The Kier molecular flexibility index (Phi) is 4.90. The number of hydrogen-bond acceptors (Lipinski definition) is 4. The van der Waals surface area contributed by atoms with Crippen LogP contribution in [0.2, 0.25) is 0 Å². The number of hydrogen-bond donors (Lipinski definition) is 3. The maximum Gasteiger partial charge on any atom is 0.242 e. The van der Waals surface area contributed by atoms with E-state index in [0.717, 1.165) is 0 Å². The van der Waals surface area contributed by atoms with E-state index in [-0.39, 0.29) is 23.5 Å². The van der Waals surface area contributed by atoms with Gasteiger partial charge in [0.25, 0.3) is 0 Å². The molecule has 0 aliphatic carbocycles. The zero-order valence-electron chi connectivity index (χ0n) is 11.1. The molecule has 0 radical (unpaired) electrons. The van der Waals surface area contributed by atoms with Crippen LogP contribution in [0.5, 0.6) is 0 Å². The average Bonchev–Trinajstić information content (AvgIpc) is 2.29. The Morgan fingerprint density at radius 1 is 1.26 bits per heavy atom. The predicted octanol–water partition coefficient (Wildman–Crippen LogP) is 0.429. The maximum absolute atomic E-state index is 12.2. The molecule has 0 fully saturated rings. The largest absolute Gasteiger partial charge is 0.397 e. The zero-order valence-corrected chi connectivity index (χ0v) is 11.9. The van der Waals surface area contributed by atoms with Crippen molar-refractivity contribution in [2.45, 2.75) is 31.6 Å². The molecule has 1 aromatic rings. The summed E-state index contributed by atoms with van der Waals surface area (Å²) in [6.45, 7) is 3.59. The van der Waals surface area contributed by atoms with Crippen molar-refractivity contribution in [3.8, 4) is 0 Å². The summed E-state index contributed by atoms with van der Waals surface area (Å²) in [6, 6.07) is 3.49. The van der Waals surface area contributed by atoms with Gasteiger partial charge in [-0.3, -0.25) is 4.79 Å². The SMILES string of the molecule is Cc1ccc(C)c(S(=O)(=O)NCCCC(N)=O)c1N. The van der Waals surface area contributed by atoms with Crippen molar-refractivity contribution < 1.29 is 13.2 Å². The second kappa shape index (κ2) is 6.03. The molecule has 0 aromatic heterocycles. The maximum atomic E-state index is 12.2. The monoisotopic (exact) mass is 285 g/mol. The van der Waals surface area contributed by atoms with E-state index in [1.165, 1.54) is 0 Å². The van der Waals surface area contributed by atoms with Gasteiger partial charge in [-0.1, -0.05) is 12.1 Å². The summed E-state index contributed by atoms with van der Waals surface area (Å²) in [7, 11) is -3.67. The molecule has 1 aromatic carbocycles. The number of nitrogen functional groups attached to an aromatic ring is 1. The molecule has 0 aliphatic rings. The molecule has 106 valence electrons. The highest BCUT2D eigenvalue weighted by Crippen LogP contribution is 2.25. The third-order valence-corrected chi connectivity index (χ3v) is 4.44. The molecule has 1 amide bonds. The Labute approximate surface area is 113 Å². The molecule has 19 heavy (non-hydrogen) atoms. The molecule has 0 bridgehead atoms. The van der Waals surface area contributed by atoms with E-state index in [2.05, 4.69) is 4.72 Å². The van der Waals surface area contributed by atoms with Crippen molar-refractivity contribution in [1.82, 2.24) is 4.72 Å². The van der Waals surface area contributed by atoms with Crippen LogP contribution in [0.15, 0.2) is 17.0 Å². The minimum absolute atomic E-state index is 0.103. The summed E-state index contributed by atoms with van der Waals surface area (Å²) in [6.07, 6.45) is 0.504. The molecule has 0 unspecified atom stereocenters. The second-order valence-electron chi connectivity index (χ2n) is 4.41. The van der Waals surface area contributed by atoms with Gasteiger partial charge in [0.15, 0.2) is 0 Å². The van der Waals surface area contributed by atoms with Gasteiger partial charge in [-0.15, -0.1) is 0 Å². The number of nitrogens with two attached hydrogens (primary N) is 2. The molecule has 1 rings (SSSR count). The van der Waals surface area contributed by atoms with Gasteiger partial charge in [0, 0.05) is 13.0 Å². The first-order chi connectivity index (χ1) is 8.75. The average molecular weight is 285 g/mol. The van der Waals surface area contributed by atoms with Crippen LogP contribution in [0, 0.1) is 13.8 Å². The van der Waals surface area contributed by atoms with E-state index in [1.54, 1.807) is 26.0 Å². The van der Waals surface area contributed by atoms with Crippen LogP contribution in [-0.2, 0) is 14.8 Å². The van der Waals surface area contributed by atoms with Gasteiger partial charge in [0.2, 0.25) is 15.9 Å².